The number of hydrogen-bond donors (Lipinski definition) is 6. The second-order valence-corrected chi connectivity index (χ2v) is 31.8. The number of aliphatic carboxylic acids is 1. The molecule has 0 aliphatic rings. The van der Waals surface area contributed by atoms with E-state index in [1.807, 2.05) is 164 Å². The Morgan fingerprint density at radius 1 is 0.412 bits per heavy atom. The number of carboxylic acids is 3. The summed E-state index contributed by atoms with van der Waals surface area (Å²) in [5.41, 5.74) is 7.70. The molecule has 16 rings (SSSR count). The summed E-state index contributed by atoms with van der Waals surface area (Å²) in [6.45, 7) is 3.62. The van der Waals surface area contributed by atoms with Gasteiger partial charge in [-0.3, -0.25) is 9.59 Å². The van der Waals surface area contributed by atoms with E-state index in [-0.39, 0.29) is 23.9 Å². The predicted molar refractivity (Wildman–Crippen MR) is 473 cm³/mol. The largest absolute Gasteiger partial charge is 0.497 e. The van der Waals surface area contributed by atoms with Gasteiger partial charge in [-0.1, -0.05) is 266 Å². The van der Waals surface area contributed by atoms with Crippen LogP contribution in [0.1, 0.15) is 89.1 Å². The maximum absolute atomic E-state index is 12.1. The number of H-pyrrole nitrogens is 2. The zero-order valence-corrected chi connectivity index (χ0v) is 71.3. The Labute approximate surface area is 729 Å². The number of ketones is 2. The molecule has 6 N–H and O–H groups in total. The molecule has 0 spiro atoms. The number of benzene rings is 13. The van der Waals surface area contributed by atoms with Gasteiger partial charge in [0.25, 0.3) is 0 Å². The van der Waals surface area contributed by atoms with Crippen LogP contribution < -0.4 is 4.74 Å². The third-order valence-electron chi connectivity index (χ3n) is 17.2. The Balaban J connectivity index is 0.000000151. The van der Waals surface area contributed by atoms with Crippen molar-refractivity contribution in [2.45, 2.75) is 70.8 Å². The molecule has 0 bridgehead atoms. The number of rotatable bonds is 18. The van der Waals surface area contributed by atoms with Gasteiger partial charge in [0, 0.05) is 66.6 Å². The molecule has 0 unspecified atom stereocenters. The second kappa shape index (κ2) is 43.4. The van der Waals surface area contributed by atoms with Gasteiger partial charge in [-0.05, 0) is 201 Å². The van der Waals surface area contributed by atoms with Gasteiger partial charge in [-0.15, -0.1) is 20.4 Å². The first kappa shape index (κ1) is 90.7. The second-order valence-electron chi connectivity index (χ2n) is 25.7. The number of thioether (sulfide) groups is 3. The average Bonchev–Trinajstić information content (AvgIpc) is 1.71. The number of ether oxygens (including phenoxy) is 1. The number of carboxylic acid groups (broad SMARTS) is 3. The van der Waals surface area contributed by atoms with Crippen LogP contribution in [0, 0.1) is 0 Å². The molecule has 32 heteroatoms. The molecular formula is C87H67BrCl6F3N9O10S3. The minimum Gasteiger partial charge on any atom is -0.497 e. The van der Waals surface area contributed by atoms with Gasteiger partial charge < -0.3 is 25.2 Å². The number of aromatic carboxylic acids is 2. The molecule has 0 fully saturated rings. The lowest BCUT2D eigenvalue weighted by atomic mass is 10.1. The number of carbonyl (C=O) groups excluding carboxylic acids is 2. The molecule has 0 atom stereocenters. The number of fused-ring (bicyclic) bond motifs is 6. The van der Waals surface area contributed by atoms with Gasteiger partial charge in [0.05, 0.1) is 25.8 Å². The lowest BCUT2D eigenvalue weighted by Crippen LogP contribution is -2.21. The summed E-state index contributed by atoms with van der Waals surface area (Å²) in [5.74, 6) is -2.08. The average molecular weight is 1840 g/mol. The Hall–Kier alpha value is -10.6. The van der Waals surface area contributed by atoms with Crippen molar-refractivity contribution >= 4 is 215 Å². The number of aliphatic hydroxyl groups excluding tert-OH is 1. The van der Waals surface area contributed by atoms with Crippen LogP contribution in [0.3, 0.4) is 0 Å². The van der Waals surface area contributed by atoms with Crippen LogP contribution in [0.25, 0.3) is 64.6 Å². The van der Waals surface area contributed by atoms with Crippen LogP contribution in [0.15, 0.2) is 258 Å². The summed E-state index contributed by atoms with van der Waals surface area (Å²) in [5, 5.41) is 82.5. The van der Waals surface area contributed by atoms with E-state index in [2.05, 4.69) is 112 Å². The van der Waals surface area contributed by atoms with Crippen molar-refractivity contribution < 1.29 is 62.3 Å². The summed E-state index contributed by atoms with van der Waals surface area (Å²) in [7, 11) is 1.64. The predicted octanol–water partition coefficient (Wildman–Crippen LogP) is 24.5. The maximum atomic E-state index is 12.1. The highest BCUT2D eigenvalue weighted by Crippen LogP contribution is 2.33. The Morgan fingerprint density at radius 2 is 0.731 bits per heavy atom. The molecular weight excluding hydrogens is 1780 g/mol. The monoisotopic (exact) mass is 1840 g/mol. The number of aliphatic hydroxyl groups is 1. The molecule has 0 saturated carbocycles. The van der Waals surface area contributed by atoms with Gasteiger partial charge in [0.2, 0.25) is 5.69 Å². The van der Waals surface area contributed by atoms with Gasteiger partial charge in [-0.2, -0.15) is 28.7 Å². The number of methoxy groups -OCH3 is 1. The molecule has 119 heavy (non-hydrogen) atoms. The summed E-state index contributed by atoms with van der Waals surface area (Å²) < 4.78 is 38.7. The number of aromatic nitrogens is 9. The molecule has 0 aliphatic heterocycles. The minimum absolute atomic E-state index is 0.0485. The van der Waals surface area contributed by atoms with E-state index in [9.17, 15) is 32.3 Å². The Morgan fingerprint density at radius 3 is 1.09 bits per heavy atom. The highest BCUT2D eigenvalue weighted by Gasteiger charge is 2.38. The standard InChI is InChI=1S/C23H20ClN3O2S.C15H12ClN3OS.C14H10ClN3O2S.C11H8BrCl.C11H7ClO2.C11H9ClO.C2HF3O2/c1-15(28)22-23(27(26-25-22)13-16-4-9-21(29-2)10-5-16)30-14-17-3-6-19-12-20(24)8-7-18(19)11-17;1-9(20)14-15(18-19-17-14)21-8-10-2-3-12-7-13(16)5-4-11(12)6-10;15-11-4-3-9-5-8(1-2-10(9)6-11)7-21-13-12(14(19)20)16-18-17-13;12-7-8-1-2-10-6-11(13)4-3-9(10)5-8;12-10-4-3-7-5-9(11(13)14)2-1-8(7)6-10;12-11-4-3-9-5-8(7-13)1-2-10(9)6-11;3-2(4,5)1(6)7/h3-12H,13-14H2,1-2H3;2-7H,8H2,1H3,(H,17,18,19);1-6H,7H2,(H,19,20)(H,16,17,18);1-6H,7H2;1-6H,(H,13,14);1-6,13H,7H2;(H,6,7). The molecule has 16 aromatic rings. The van der Waals surface area contributed by atoms with E-state index in [0.29, 0.717) is 55.1 Å². The molecule has 19 nitrogen and oxygen atoms in total. The van der Waals surface area contributed by atoms with Crippen molar-refractivity contribution in [3.8, 4) is 5.75 Å². The number of hydrogen-bond acceptors (Lipinski definition) is 16. The Bertz CT molecular complexity index is 6110. The molecule has 608 valence electrons. The van der Waals surface area contributed by atoms with Crippen LogP contribution in [0.2, 0.25) is 30.1 Å². The van der Waals surface area contributed by atoms with Gasteiger partial charge >= 0.3 is 24.1 Å². The molecule has 0 radical (unpaired) electrons. The third-order valence-corrected chi connectivity index (χ3v) is 22.5. The molecule has 0 amide bonds. The number of nitrogens with zero attached hydrogens (tertiary/aromatic N) is 7. The molecule has 13 aromatic carbocycles. The van der Waals surface area contributed by atoms with E-state index in [1.54, 1.807) is 47.8 Å². The smallest absolute Gasteiger partial charge is 0.490 e. The van der Waals surface area contributed by atoms with Crippen molar-refractivity contribution in [3.05, 3.63) is 329 Å². The first-order chi connectivity index (χ1) is 57.0. The quantitative estimate of drug-likeness (QED) is 0.0264. The first-order valence-electron chi connectivity index (χ1n) is 35.3. The number of halogens is 10. The lowest BCUT2D eigenvalue weighted by molar-refractivity contribution is -0.192. The highest BCUT2D eigenvalue weighted by atomic mass is 79.9. The number of nitrogens with one attached hydrogen (secondary N) is 2. The van der Waals surface area contributed by atoms with Crippen LogP contribution in [-0.2, 0) is 40.5 Å². The van der Waals surface area contributed by atoms with Crippen molar-refractivity contribution in [1.29, 1.82) is 0 Å². The van der Waals surface area contributed by atoms with Gasteiger partial charge in [-0.25, -0.2) is 19.1 Å². The summed E-state index contributed by atoms with van der Waals surface area (Å²) in [6, 6.07) is 77.9. The minimum atomic E-state index is -5.08. The molecule has 3 aromatic heterocycles. The van der Waals surface area contributed by atoms with Crippen molar-refractivity contribution in [2.24, 2.45) is 0 Å². The topological polar surface area (TPSA) is 289 Å². The normalized spacial score (nSPS) is 10.8. The Kier molecular flexibility index (Phi) is 33.1. The fourth-order valence-electron chi connectivity index (χ4n) is 11.3. The SMILES string of the molecule is CC(=O)c1n[nH]nc1SCc1ccc2cc(Cl)ccc2c1.COc1ccc(Cn2nnc(C(C)=O)c2SCc2ccc3cc(Cl)ccc3c2)cc1.Clc1ccc2cc(CBr)ccc2c1.O=C(O)C(F)(F)F.O=C(O)c1ccc2cc(Cl)ccc2c1.O=C(O)c1n[nH]nc1SCc1ccc2cc(Cl)ccc2c1.OCc1ccc2cc(Cl)ccc2c1. The van der Waals surface area contributed by atoms with Gasteiger partial charge in [0.1, 0.15) is 15.8 Å². The van der Waals surface area contributed by atoms with Gasteiger partial charge in [0.15, 0.2) is 28.0 Å². The van der Waals surface area contributed by atoms with Crippen LogP contribution in [-0.4, -0.2) is 109 Å². The number of aromatic amines is 2. The lowest BCUT2D eigenvalue weighted by Gasteiger charge is -2.09. The maximum Gasteiger partial charge on any atom is 0.490 e. The summed E-state index contributed by atoms with van der Waals surface area (Å²) in [4.78, 5) is 54.0. The zero-order valence-electron chi connectivity index (χ0n) is 62.7. The fourth-order valence-corrected chi connectivity index (χ4v) is 15.5. The number of alkyl halides is 4. The van der Waals surface area contributed by atoms with E-state index in [1.165, 1.54) is 53.7 Å². The van der Waals surface area contributed by atoms with Crippen molar-refractivity contribution in [1.82, 2.24) is 45.8 Å². The van der Waals surface area contributed by atoms with Crippen molar-refractivity contribution in [3.63, 3.8) is 0 Å². The highest BCUT2D eigenvalue weighted by molar-refractivity contribution is 9.08. The van der Waals surface area contributed by atoms with E-state index in [4.69, 9.17) is 99.6 Å². The van der Waals surface area contributed by atoms with Crippen LogP contribution in [0.5, 0.6) is 5.75 Å². The number of Topliss-reactive ketones (excluding diaryl/α,β-unsaturated/α-hetero) is 2. The van der Waals surface area contributed by atoms with Crippen LogP contribution >= 0.6 is 121 Å². The molecule has 0 saturated heterocycles. The zero-order chi connectivity index (χ0) is 85.5. The van der Waals surface area contributed by atoms with E-state index < -0.39 is 24.1 Å². The summed E-state index contributed by atoms with van der Waals surface area (Å²) >= 11 is 43.4. The third kappa shape index (κ3) is 26.7. The van der Waals surface area contributed by atoms with Crippen LogP contribution in [0.4, 0.5) is 13.2 Å². The molecule has 0 aliphatic carbocycles. The van der Waals surface area contributed by atoms with E-state index >= 15 is 0 Å². The molecule has 3 heterocycles. The fraction of sp³-hybridized carbons (Fsp3) is 0.115. The van der Waals surface area contributed by atoms with E-state index in [0.717, 1.165) is 124 Å². The summed E-state index contributed by atoms with van der Waals surface area (Å²) in [6.07, 6.45) is -5.08. The first-order valence-corrected chi connectivity index (χ1v) is 41.7. The van der Waals surface area contributed by atoms with Crippen molar-refractivity contribution in [2.75, 3.05) is 7.11 Å². The number of carbonyl (C=O) groups is 5.